The molecule has 2 rings (SSSR count). The summed E-state index contributed by atoms with van der Waals surface area (Å²) < 4.78 is 0. The zero-order valence-electron chi connectivity index (χ0n) is 8.27. The van der Waals surface area contributed by atoms with Gasteiger partial charge in [0, 0.05) is 11.8 Å². The molecule has 0 aliphatic carbocycles. The summed E-state index contributed by atoms with van der Waals surface area (Å²) in [4.78, 5) is 4.30. The van der Waals surface area contributed by atoms with Gasteiger partial charge in [0.15, 0.2) is 0 Å². The maximum absolute atomic E-state index is 4.30. The van der Waals surface area contributed by atoms with Crippen LogP contribution in [0.1, 0.15) is 12.5 Å². The molecule has 1 heteroatoms. The molecule has 0 aliphatic rings. The van der Waals surface area contributed by atoms with E-state index in [1.165, 1.54) is 11.1 Å². The highest BCUT2D eigenvalue weighted by Crippen LogP contribution is 2.16. The van der Waals surface area contributed by atoms with Crippen LogP contribution in [0.3, 0.4) is 0 Å². The predicted molar refractivity (Wildman–Crippen MR) is 59.1 cm³/mol. The van der Waals surface area contributed by atoms with E-state index in [2.05, 4.69) is 36.2 Å². The lowest BCUT2D eigenvalue weighted by molar-refractivity contribution is 1.14. The molecule has 1 heterocycles. The molecular weight excluding hydrogens is 170 g/mol. The van der Waals surface area contributed by atoms with Gasteiger partial charge in [-0.15, -0.1) is 0 Å². The summed E-state index contributed by atoms with van der Waals surface area (Å²) >= 11 is 0. The zero-order chi connectivity index (χ0) is 9.80. The van der Waals surface area contributed by atoms with Crippen molar-refractivity contribution >= 4 is 0 Å². The van der Waals surface area contributed by atoms with E-state index in [1.54, 1.807) is 0 Å². The van der Waals surface area contributed by atoms with Crippen molar-refractivity contribution in [2.24, 2.45) is 0 Å². The van der Waals surface area contributed by atoms with Gasteiger partial charge in [0.25, 0.3) is 0 Å². The second-order valence-corrected chi connectivity index (χ2v) is 3.27. The molecule has 0 amide bonds. The third-order valence-electron chi connectivity index (χ3n) is 2.32. The van der Waals surface area contributed by atoms with Crippen LogP contribution in [-0.2, 0) is 6.42 Å². The van der Waals surface area contributed by atoms with Gasteiger partial charge in [-0.25, -0.2) is 0 Å². The van der Waals surface area contributed by atoms with Gasteiger partial charge in [-0.05, 0) is 24.1 Å². The monoisotopic (exact) mass is 183 g/mol. The number of hydrogen-bond donors (Lipinski definition) is 0. The molecule has 0 atom stereocenters. The topological polar surface area (TPSA) is 12.9 Å². The summed E-state index contributed by atoms with van der Waals surface area (Å²) in [6.07, 6.45) is 2.91. The fraction of sp³-hybridized carbons (Fsp3) is 0.154. The van der Waals surface area contributed by atoms with Crippen LogP contribution in [0.5, 0.6) is 0 Å². The second kappa shape index (κ2) is 4.05. The molecule has 14 heavy (non-hydrogen) atoms. The van der Waals surface area contributed by atoms with E-state index >= 15 is 0 Å². The number of aryl methyl sites for hydroxylation is 1. The standard InChI is InChI=1S/C13H13N/c1-2-11-6-8-12(9-7-11)13-5-3-4-10-14-13/h3-10H,2H2,1H3. The first-order valence-corrected chi connectivity index (χ1v) is 4.90. The summed E-state index contributed by atoms with van der Waals surface area (Å²) in [6, 6.07) is 14.5. The number of rotatable bonds is 2. The van der Waals surface area contributed by atoms with Crippen molar-refractivity contribution in [3.63, 3.8) is 0 Å². The molecule has 0 unspecified atom stereocenters. The van der Waals surface area contributed by atoms with Crippen LogP contribution in [-0.4, -0.2) is 4.98 Å². The maximum atomic E-state index is 4.30. The first-order valence-electron chi connectivity index (χ1n) is 4.90. The van der Waals surface area contributed by atoms with Gasteiger partial charge in [0.05, 0.1) is 5.69 Å². The van der Waals surface area contributed by atoms with Crippen LogP contribution in [0.4, 0.5) is 0 Å². The summed E-state index contributed by atoms with van der Waals surface area (Å²) in [7, 11) is 0. The van der Waals surface area contributed by atoms with Crippen molar-refractivity contribution in [1.29, 1.82) is 0 Å². The molecule has 1 aromatic carbocycles. The number of nitrogens with zero attached hydrogens (tertiary/aromatic N) is 1. The Morgan fingerprint density at radius 2 is 1.79 bits per heavy atom. The number of benzene rings is 1. The van der Waals surface area contributed by atoms with Crippen LogP contribution in [0.15, 0.2) is 48.7 Å². The smallest absolute Gasteiger partial charge is 0.0701 e. The van der Waals surface area contributed by atoms with Gasteiger partial charge in [-0.2, -0.15) is 0 Å². The highest BCUT2D eigenvalue weighted by Gasteiger charge is 1.96. The van der Waals surface area contributed by atoms with Crippen LogP contribution in [0.25, 0.3) is 11.3 Å². The number of aromatic nitrogens is 1. The van der Waals surface area contributed by atoms with Crippen molar-refractivity contribution in [2.75, 3.05) is 0 Å². The Bertz CT molecular complexity index is 389. The van der Waals surface area contributed by atoms with Crippen molar-refractivity contribution in [2.45, 2.75) is 13.3 Å². The molecule has 0 spiro atoms. The Balaban J connectivity index is 2.34. The summed E-state index contributed by atoms with van der Waals surface area (Å²) in [5, 5.41) is 0. The molecule has 0 N–H and O–H groups in total. The predicted octanol–water partition coefficient (Wildman–Crippen LogP) is 3.31. The Kier molecular flexibility index (Phi) is 2.59. The van der Waals surface area contributed by atoms with Crippen LogP contribution < -0.4 is 0 Å². The van der Waals surface area contributed by atoms with E-state index < -0.39 is 0 Å². The van der Waals surface area contributed by atoms with Gasteiger partial charge in [-0.1, -0.05) is 37.3 Å². The van der Waals surface area contributed by atoms with E-state index in [1.807, 2.05) is 24.4 Å². The SMILES string of the molecule is CCc1ccc(-c2ccccn2)cc1. The van der Waals surface area contributed by atoms with Gasteiger partial charge in [0.1, 0.15) is 0 Å². The first-order chi connectivity index (χ1) is 6.90. The van der Waals surface area contributed by atoms with Gasteiger partial charge >= 0.3 is 0 Å². The van der Waals surface area contributed by atoms with Crippen LogP contribution in [0.2, 0.25) is 0 Å². The van der Waals surface area contributed by atoms with Crippen molar-refractivity contribution in [1.82, 2.24) is 4.98 Å². The van der Waals surface area contributed by atoms with E-state index in [0.29, 0.717) is 0 Å². The quantitative estimate of drug-likeness (QED) is 0.696. The average Bonchev–Trinajstić information content (AvgIpc) is 2.30. The lowest BCUT2D eigenvalue weighted by atomic mass is 10.1. The fourth-order valence-electron chi connectivity index (χ4n) is 1.44. The molecule has 0 bridgehead atoms. The van der Waals surface area contributed by atoms with Crippen molar-refractivity contribution < 1.29 is 0 Å². The third-order valence-corrected chi connectivity index (χ3v) is 2.32. The Morgan fingerprint density at radius 1 is 1.00 bits per heavy atom. The fourth-order valence-corrected chi connectivity index (χ4v) is 1.44. The Labute approximate surface area is 84.4 Å². The highest BCUT2D eigenvalue weighted by molar-refractivity contribution is 5.58. The summed E-state index contributed by atoms with van der Waals surface area (Å²) in [5.74, 6) is 0. The minimum absolute atomic E-state index is 1.04. The largest absolute Gasteiger partial charge is 0.256 e. The number of pyridine rings is 1. The summed E-state index contributed by atoms with van der Waals surface area (Å²) in [5.41, 5.74) is 3.59. The van der Waals surface area contributed by atoms with Crippen molar-refractivity contribution in [3.8, 4) is 11.3 Å². The molecular formula is C13H13N. The van der Waals surface area contributed by atoms with E-state index in [4.69, 9.17) is 0 Å². The van der Waals surface area contributed by atoms with Gasteiger partial charge < -0.3 is 0 Å². The summed E-state index contributed by atoms with van der Waals surface area (Å²) in [6.45, 7) is 2.16. The molecule has 0 aliphatic heterocycles. The molecule has 0 saturated carbocycles. The van der Waals surface area contributed by atoms with E-state index in [9.17, 15) is 0 Å². The van der Waals surface area contributed by atoms with Gasteiger partial charge in [-0.3, -0.25) is 4.98 Å². The molecule has 0 radical (unpaired) electrons. The van der Waals surface area contributed by atoms with Crippen LogP contribution >= 0.6 is 0 Å². The minimum Gasteiger partial charge on any atom is -0.256 e. The first kappa shape index (κ1) is 8.95. The molecule has 70 valence electrons. The normalized spacial score (nSPS) is 10.1. The second-order valence-electron chi connectivity index (χ2n) is 3.27. The minimum atomic E-state index is 1.04. The Morgan fingerprint density at radius 3 is 2.36 bits per heavy atom. The van der Waals surface area contributed by atoms with E-state index in [-0.39, 0.29) is 0 Å². The molecule has 0 fully saturated rings. The average molecular weight is 183 g/mol. The Hall–Kier alpha value is -1.63. The number of hydrogen-bond acceptors (Lipinski definition) is 1. The zero-order valence-corrected chi connectivity index (χ0v) is 8.27. The molecule has 2 aromatic rings. The van der Waals surface area contributed by atoms with E-state index in [0.717, 1.165) is 12.1 Å². The van der Waals surface area contributed by atoms with Gasteiger partial charge in [0.2, 0.25) is 0 Å². The lowest BCUT2D eigenvalue weighted by Crippen LogP contribution is -1.83. The highest BCUT2D eigenvalue weighted by atomic mass is 14.7. The maximum Gasteiger partial charge on any atom is 0.0701 e. The third kappa shape index (κ3) is 1.82. The lowest BCUT2D eigenvalue weighted by Gasteiger charge is -2.01. The molecule has 1 nitrogen and oxygen atoms in total. The molecule has 1 aromatic heterocycles. The van der Waals surface area contributed by atoms with Crippen LogP contribution in [0, 0.1) is 0 Å². The molecule has 0 saturated heterocycles. The van der Waals surface area contributed by atoms with Crippen molar-refractivity contribution in [3.05, 3.63) is 54.2 Å².